The van der Waals surface area contributed by atoms with Gasteiger partial charge in [-0.3, -0.25) is 14.6 Å². The Balaban J connectivity index is 1.76. The fraction of sp³-hybridized carbons (Fsp3) is 0.0417. The number of nitrogens with one attached hydrogen (secondary N) is 2. The van der Waals surface area contributed by atoms with E-state index < -0.39 is 35.0 Å². The van der Waals surface area contributed by atoms with Crippen LogP contribution in [-0.4, -0.2) is 15.9 Å². The third kappa shape index (κ3) is 5.05. The quantitative estimate of drug-likeness (QED) is 0.231. The molecule has 4 rings (SSSR count). The van der Waals surface area contributed by atoms with E-state index in [4.69, 9.17) is 17.3 Å². The van der Waals surface area contributed by atoms with Gasteiger partial charge in [0.1, 0.15) is 17.3 Å². The number of halogens is 6. The minimum Gasteiger partial charge on any atom is -0.398 e. The fourth-order valence-corrected chi connectivity index (χ4v) is 3.79. The summed E-state index contributed by atoms with van der Waals surface area (Å²) < 4.78 is 68.1. The molecular weight excluding hydrogens is 507 g/mol. The average molecular weight is 521 g/mol. The van der Waals surface area contributed by atoms with E-state index in [9.17, 15) is 27.2 Å². The molecule has 0 saturated heterocycles. The zero-order chi connectivity index (χ0) is 26.2. The Morgan fingerprint density at radius 3 is 2.47 bits per heavy atom. The molecule has 0 aliphatic rings. The molecule has 4 N–H and O–H groups in total. The van der Waals surface area contributed by atoms with Crippen molar-refractivity contribution < 1.29 is 26.7 Å². The number of amides is 1. The van der Waals surface area contributed by atoms with Crippen molar-refractivity contribution >= 4 is 28.9 Å². The van der Waals surface area contributed by atoms with Crippen molar-refractivity contribution in [1.29, 1.82) is 0 Å². The molecule has 0 atom stereocenters. The number of carbonyl (C=O) groups is 1. The summed E-state index contributed by atoms with van der Waals surface area (Å²) in [6, 6.07) is 8.26. The second-order valence-electron chi connectivity index (χ2n) is 7.55. The average Bonchev–Trinajstić information content (AvgIpc) is 2.79. The number of carbonyl (C=O) groups excluding carboxylic acids is 1. The molecule has 0 fully saturated rings. The Hall–Kier alpha value is -4.25. The Bertz CT molecular complexity index is 1550. The number of aromatic amines is 1. The molecule has 1 amide bonds. The molecule has 0 saturated carbocycles. The first-order valence-electron chi connectivity index (χ1n) is 10.1. The fourth-order valence-electron chi connectivity index (χ4n) is 3.54. The highest BCUT2D eigenvalue weighted by molar-refractivity contribution is 6.34. The predicted octanol–water partition coefficient (Wildman–Crippen LogP) is 5.89. The summed E-state index contributed by atoms with van der Waals surface area (Å²) in [7, 11) is 0. The number of anilines is 2. The van der Waals surface area contributed by atoms with Gasteiger partial charge in [-0.15, -0.1) is 0 Å². The number of hydrogen-bond acceptors (Lipinski definition) is 4. The second-order valence-corrected chi connectivity index (χ2v) is 7.96. The van der Waals surface area contributed by atoms with Crippen molar-refractivity contribution in [2.24, 2.45) is 0 Å². The maximum Gasteiger partial charge on any atom is 0.433 e. The van der Waals surface area contributed by atoms with Crippen LogP contribution in [-0.2, 0) is 6.18 Å². The molecular formula is C24H14ClF5N4O2. The van der Waals surface area contributed by atoms with Crippen molar-refractivity contribution in [3.05, 3.63) is 99.2 Å². The minimum absolute atomic E-state index is 0.0253. The van der Waals surface area contributed by atoms with E-state index in [1.54, 1.807) is 0 Å². The molecule has 0 aliphatic carbocycles. The highest BCUT2D eigenvalue weighted by Gasteiger charge is 2.32. The van der Waals surface area contributed by atoms with Crippen LogP contribution in [0.3, 0.4) is 0 Å². The second kappa shape index (κ2) is 9.42. The molecule has 0 aliphatic heterocycles. The van der Waals surface area contributed by atoms with Crippen LogP contribution < -0.4 is 16.6 Å². The number of benzene rings is 2. The number of nitrogens with zero attached hydrogens (tertiary/aromatic N) is 1. The van der Waals surface area contributed by atoms with E-state index in [1.807, 2.05) is 0 Å². The molecule has 36 heavy (non-hydrogen) atoms. The van der Waals surface area contributed by atoms with Gasteiger partial charge in [0, 0.05) is 41.0 Å². The topological polar surface area (TPSA) is 101 Å². The Morgan fingerprint density at radius 1 is 1.03 bits per heavy atom. The molecule has 0 bridgehead atoms. The van der Waals surface area contributed by atoms with E-state index in [0.717, 1.165) is 36.5 Å². The first-order chi connectivity index (χ1) is 16.9. The van der Waals surface area contributed by atoms with Crippen LogP contribution in [0.5, 0.6) is 0 Å². The molecule has 6 nitrogen and oxygen atoms in total. The van der Waals surface area contributed by atoms with Crippen molar-refractivity contribution in [1.82, 2.24) is 9.97 Å². The van der Waals surface area contributed by atoms with Gasteiger partial charge in [0.25, 0.3) is 5.91 Å². The molecule has 0 radical (unpaired) electrons. The van der Waals surface area contributed by atoms with Crippen LogP contribution in [0.4, 0.5) is 33.3 Å². The number of rotatable bonds is 4. The zero-order valence-electron chi connectivity index (χ0n) is 17.9. The van der Waals surface area contributed by atoms with Gasteiger partial charge in [0.2, 0.25) is 5.56 Å². The Morgan fingerprint density at radius 2 is 1.78 bits per heavy atom. The van der Waals surface area contributed by atoms with Gasteiger partial charge in [0.05, 0.1) is 10.6 Å². The summed E-state index contributed by atoms with van der Waals surface area (Å²) in [6.07, 6.45) is -2.55. The lowest BCUT2D eigenvalue weighted by molar-refractivity contribution is -0.141. The van der Waals surface area contributed by atoms with Gasteiger partial charge in [-0.2, -0.15) is 13.2 Å². The van der Waals surface area contributed by atoms with Gasteiger partial charge < -0.3 is 16.0 Å². The maximum absolute atomic E-state index is 15.3. The van der Waals surface area contributed by atoms with E-state index in [1.165, 1.54) is 18.3 Å². The van der Waals surface area contributed by atoms with Crippen LogP contribution >= 0.6 is 11.6 Å². The number of H-pyrrole nitrogens is 1. The van der Waals surface area contributed by atoms with Crippen LogP contribution in [0.15, 0.2) is 65.7 Å². The van der Waals surface area contributed by atoms with Gasteiger partial charge in [-0.05, 0) is 53.6 Å². The van der Waals surface area contributed by atoms with Crippen molar-refractivity contribution in [2.45, 2.75) is 6.18 Å². The molecule has 2 heterocycles. The molecule has 184 valence electrons. The van der Waals surface area contributed by atoms with Gasteiger partial charge in [-0.1, -0.05) is 11.6 Å². The molecule has 0 spiro atoms. The number of pyridine rings is 2. The van der Waals surface area contributed by atoms with Gasteiger partial charge in [0.15, 0.2) is 0 Å². The zero-order valence-corrected chi connectivity index (χ0v) is 18.6. The van der Waals surface area contributed by atoms with E-state index in [-0.39, 0.29) is 44.2 Å². The Labute approximate surface area is 204 Å². The molecule has 4 aromatic rings. The Kier molecular flexibility index (Phi) is 6.51. The number of aromatic nitrogens is 2. The summed E-state index contributed by atoms with van der Waals surface area (Å²) in [4.78, 5) is 30.0. The number of nitrogens with two attached hydrogens (primary N) is 1. The summed E-state index contributed by atoms with van der Waals surface area (Å²) >= 11 is 6.23. The van der Waals surface area contributed by atoms with Crippen molar-refractivity contribution in [2.75, 3.05) is 11.1 Å². The van der Waals surface area contributed by atoms with E-state index in [2.05, 4.69) is 15.3 Å². The number of hydrogen-bond donors (Lipinski definition) is 3. The van der Waals surface area contributed by atoms with E-state index in [0.29, 0.717) is 6.07 Å². The first kappa shape index (κ1) is 24.9. The molecule has 12 heteroatoms. The molecule has 2 aromatic carbocycles. The highest BCUT2D eigenvalue weighted by atomic mass is 35.5. The lowest BCUT2D eigenvalue weighted by Crippen LogP contribution is -2.15. The largest absolute Gasteiger partial charge is 0.433 e. The van der Waals surface area contributed by atoms with Crippen molar-refractivity contribution in [3.8, 4) is 22.3 Å². The van der Waals surface area contributed by atoms with Crippen LogP contribution in [0.25, 0.3) is 22.3 Å². The van der Waals surface area contributed by atoms with E-state index >= 15 is 4.39 Å². The standard InChI is InChI=1S/C24H14ClF5N4O2/c25-17-9-16(22-14(6-12(26)7-19(22)31)11-1-3-33-21(35)5-11)18(27)10-15(17)23(36)34-13-2-4-32-20(8-13)24(28,29)30/h1-10H,31H2,(H,33,35)(H,32,34,36). The van der Waals surface area contributed by atoms with Gasteiger partial charge in [-0.25, -0.2) is 8.78 Å². The first-order valence-corrected chi connectivity index (χ1v) is 10.4. The van der Waals surface area contributed by atoms with Crippen molar-refractivity contribution in [3.63, 3.8) is 0 Å². The monoisotopic (exact) mass is 520 g/mol. The lowest BCUT2D eigenvalue weighted by Gasteiger charge is -2.16. The maximum atomic E-state index is 15.3. The molecule has 0 unspecified atom stereocenters. The summed E-state index contributed by atoms with van der Waals surface area (Å²) in [6.45, 7) is 0. The minimum atomic E-state index is -4.73. The summed E-state index contributed by atoms with van der Waals surface area (Å²) in [5, 5.41) is 1.96. The smallest absolute Gasteiger partial charge is 0.398 e. The highest BCUT2D eigenvalue weighted by Crippen LogP contribution is 2.40. The number of nitrogen functional groups attached to an aromatic ring is 1. The third-order valence-corrected chi connectivity index (χ3v) is 5.41. The molecule has 2 aromatic heterocycles. The summed E-state index contributed by atoms with van der Waals surface area (Å²) in [5.41, 5.74) is 3.68. The van der Waals surface area contributed by atoms with Crippen LogP contribution in [0.1, 0.15) is 16.1 Å². The van der Waals surface area contributed by atoms with Gasteiger partial charge >= 0.3 is 6.18 Å². The van der Waals surface area contributed by atoms with Crippen LogP contribution in [0.2, 0.25) is 5.02 Å². The SMILES string of the molecule is Nc1cc(F)cc(-c2cc[nH]c(=O)c2)c1-c1cc(Cl)c(C(=O)Nc2ccnc(C(F)(F)F)c2)cc1F. The predicted molar refractivity (Wildman–Crippen MR) is 124 cm³/mol. The normalized spacial score (nSPS) is 11.4. The van der Waals surface area contributed by atoms with Crippen LogP contribution in [0, 0.1) is 11.6 Å². The number of alkyl halides is 3. The third-order valence-electron chi connectivity index (χ3n) is 5.10. The summed E-state index contributed by atoms with van der Waals surface area (Å²) in [5.74, 6) is -2.68. The lowest BCUT2D eigenvalue weighted by atomic mass is 9.92.